The maximum absolute atomic E-state index is 2.32. The highest BCUT2D eigenvalue weighted by molar-refractivity contribution is 6.58. The van der Waals surface area contributed by atoms with Crippen molar-refractivity contribution in [1.29, 1.82) is 0 Å². The standard InChI is InChI=1S/C5H12.3C2H5.Al/c1-3-5-4-2;3*1-2;/h3-5H2,1-2H3;3*1H2,2H3;. The van der Waals surface area contributed by atoms with Crippen LogP contribution >= 0.6 is 0 Å². The fraction of sp³-hybridized carbons (Fsp3) is 1.00. The van der Waals surface area contributed by atoms with E-state index in [1.807, 2.05) is 0 Å². The minimum absolute atomic E-state index is 0.171. The highest BCUT2D eigenvalue weighted by Gasteiger charge is 2.05. The van der Waals surface area contributed by atoms with E-state index < -0.39 is 0 Å². The molecule has 0 aliphatic rings. The number of rotatable bonds is 5. The van der Waals surface area contributed by atoms with Crippen LogP contribution in [0.1, 0.15) is 53.9 Å². The molecule has 0 nitrogen and oxygen atoms in total. The van der Waals surface area contributed by atoms with Crippen molar-refractivity contribution in [3.8, 4) is 0 Å². The van der Waals surface area contributed by atoms with Crippen LogP contribution < -0.4 is 0 Å². The van der Waals surface area contributed by atoms with Crippen molar-refractivity contribution in [2.45, 2.75) is 69.7 Å². The molecular formula is C11H27Al. The van der Waals surface area contributed by atoms with Crippen molar-refractivity contribution >= 4 is 14.1 Å². The van der Waals surface area contributed by atoms with Gasteiger partial charge in [0.05, 0.1) is 0 Å². The van der Waals surface area contributed by atoms with Gasteiger partial charge in [0.15, 0.2) is 0 Å². The Kier molecular flexibility index (Phi) is 17.6. The summed E-state index contributed by atoms with van der Waals surface area (Å²) in [5.41, 5.74) is 0. The lowest BCUT2D eigenvalue weighted by Crippen LogP contribution is -2.04. The molecule has 0 aliphatic carbocycles. The van der Waals surface area contributed by atoms with E-state index in [0.29, 0.717) is 0 Å². The monoisotopic (exact) mass is 186 g/mol. The highest BCUT2D eigenvalue weighted by Crippen LogP contribution is 2.01. The molecule has 0 saturated heterocycles. The molecule has 0 saturated carbocycles. The lowest BCUT2D eigenvalue weighted by molar-refractivity contribution is 0.772. The Bertz CT molecular complexity index is 50.5. The van der Waals surface area contributed by atoms with Crippen LogP contribution in [-0.4, -0.2) is 14.1 Å². The normalized spacial score (nSPS) is 8.75. The molecule has 0 unspecified atom stereocenters. The minimum atomic E-state index is -0.171. The third-order valence-corrected chi connectivity index (χ3v) is 5.90. The summed E-state index contributed by atoms with van der Waals surface area (Å²) >= 11 is -0.171. The zero-order valence-electron chi connectivity index (χ0n) is 9.82. The van der Waals surface area contributed by atoms with Gasteiger partial charge in [0.1, 0.15) is 0 Å². The Balaban J connectivity index is 0. The zero-order chi connectivity index (χ0) is 9.82. The molecule has 0 aromatic heterocycles. The van der Waals surface area contributed by atoms with E-state index in [-0.39, 0.29) is 14.1 Å². The van der Waals surface area contributed by atoms with E-state index in [9.17, 15) is 0 Å². The average molecular weight is 186 g/mol. The molecule has 12 heavy (non-hydrogen) atoms. The lowest BCUT2D eigenvalue weighted by Gasteiger charge is -1.97. The number of unbranched alkanes of at least 4 members (excludes halogenated alkanes) is 2. The van der Waals surface area contributed by atoms with Crippen molar-refractivity contribution in [3.63, 3.8) is 0 Å². The van der Waals surface area contributed by atoms with Crippen LogP contribution in [0.2, 0.25) is 15.8 Å². The van der Waals surface area contributed by atoms with Crippen molar-refractivity contribution < 1.29 is 0 Å². The average Bonchev–Trinajstić information content (AvgIpc) is 2.10. The molecule has 0 aromatic carbocycles. The molecule has 0 N–H and O–H groups in total. The molecule has 0 fully saturated rings. The molecule has 0 aromatic rings. The molecule has 0 atom stereocenters. The van der Waals surface area contributed by atoms with Gasteiger partial charge < -0.3 is 0 Å². The maximum Gasteiger partial charge on any atom is 0.261 e. The summed E-state index contributed by atoms with van der Waals surface area (Å²) in [6.45, 7) is 11.4. The van der Waals surface area contributed by atoms with Gasteiger partial charge in [0.25, 0.3) is 14.1 Å². The van der Waals surface area contributed by atoms with Crippen LogP contribution in [-0.2, 0) is 0 Å². The Labute approximate surface area is 84.1 Å². The first-order valence-corrected chi connectivity index (χ1v) is 8.21. The second-order valence-corrected chi connectivity index (χ2v) is 7.63. The molecule has 0 heterocycles. The molecule has 0 spiro atoms. The molecule has 74 valence electrons. The van der Waals surface area contributed by atoms with Crippen LogP contribution in [0.4, 0.5) is 0 Å². The Morgan fingerprint density at radius 2 is 1.00 bits per heavy atom. The SMILES string of the molecule is CCCCC.C[CH2][Al]([CH2]C)[CH2]C. The van der Waals surface area contributed by atoms with Gasteiger partial charge in [-0.25, -0.2) is 0 Å². The van der Waals surface area contributed by atoms with Gasteiger partial charge >= 0.3 is 0 Å². The van der Waals surface area contributed by atoms with Gasteiger partial charge in [-0.1, -0.05) is 69.7 Å². The Hall–Kier alpha value is 0.532. The van der Waals surface area contributed by atoms with Gasteiger partial charge in [0.2, 0.25) is 0 Å². The fourth-order valence-corrected chi connectivity index (χ4v) is 2.95. The van der Waals surface area contributed by atoms with Crippen LogP contribution in [0.15, 0.2) is 0 Å². The second kappa shape index (κ2) is 14.1. The van der Waals surface area contributed by atoms with Crippen LogP contribution in [0.3, 0.4) is 0 Å². The Morgan fingerprint density at radius 3 is 1.00 bits per heavy atom. The number of hydrogen-bond donors (Lipinski definition) is 0. The van der Waals surface area contributed by atoms with E-state index in [1.54, 1.807) is 0 Å². The third kappa shape index (κ3) is 13.1. The molecule has 0 aliphatic heterocycles. The molecule has 0 rings (SSSR count). The van der Waals surface area contributed by atoms with Crippen LogP contribution in [0, 0.1) is 0 Å². The van der Waals surface area contributed by atoms with Crippen molar-refractivity contribution in [2.75, 3.05) is 0 Å². The van der Waals surface area contributed by atoms with Gasteiger partial charge in [0, 0.05) is 0 Å². The lowest BCUT2D eigenvalue weighted by atomic mass is 10.3. The quantitative estimate of drug-likeness (QED) is 0.544. The molecular weight excluding hydrogens is 159 g/mol. The Morgan fingerprint density at radius 1 is 0.667 bits per heavy atom. The summed E-state index contributed by atoms with van der Waals surface area (Å²) in [6, 6.07) is 0. The summed E-state index contributed by atoms with van der Waals surface area (Å²) in [6.07, 6.45) is 4.08. The van der Waals surface area contributed by atoms with Gasteiger partial charge in [-0.15, -0.1) is 0 Å². The van der Waals surface area contributed by atoms with E-state index in [1.165, 1.54) is 35.1 Å². The summed E-state index contributed by atoms with van der Waals surface area (Å²) < 4.78 is 0. The fourth-order valence-electron chi connectivity index (χ4n) is 1.22. The van der Waals surface area contributed by atoms with Gasteiger partial charge in [-0.2, -0.15) is 0 Å². The summed E-state index contributed by atoms with van der Waals surface area (Å²) in [5.74, 6) is 0. The molecule has 0 radical (unpaired) electrons. The zero-order valence-corrected chi connectivity index (χ0v) is 11.0. The second-order valence-electron chi connectivity index (χ2n) is 3.44. The van der Waals surface area contributed by atoms with Crippen molar-refractivity contribution in [3.05, 3.63) is 0 Å². The minimum Gasteiger partial charge on any atom is -0.0967 e. The summed E-state index contributed by atoms with van der Waals surface area (Å²) in [7, 11) is 0. The molecule has 0 bridgehead atoms. The first kappa shape index (κ1) is 15.0. The van der Waals surface area contributed by atoms with E-state index in [0.717, 1.165) is 0 Å². The van der Waals surface area contributed by atoms with Gasteiger partial charge in [-0.05, 0) is 0 Å². The first-order chi connectivity index (χ1) is 5.76. The highest BCUT2D eigenvalue weighted by atomic mass is 27.2. The van der Waals surface area contributed by atoms with Crippen molar-refractivity contribution in [1.82, 2.24) is 0 Å². The van der Waals surface area contributed by atoms with E-state index in [4.69, 9.17) is 0 Å². The van der Waals surface area contributed by atoms with Crippen LogP contribution in [0.5, 0.6) is 0 Å². The topological polar surface area (TPSA) is 0 Å². The van der Waals surface area contributed by atoms with Gasteiger partial charge in [-0.3, -0.25) is 0 Å². The van der Waals surface area contributed by atoms with Crippen LogP contribution in [0.25, 0.3) is 0 Å². The molecule has 0 amide bonds. The maximum atomic E-state index is 2.32. The van der Waals surface area contributed by atoms with E-state index in [2.05, 4.69) is 34.6 Å². The summed E-state index contributed by atoms with van der Waals surface area (Å²) in [4.78, 5) is 0. The van der Waals surface area contributed by atoms with E-state index >= 15 is 0 Å². The molecule has 1 heteroatoms. The predicted molar refractivity (Wildman–Crippen MR) is 62.4 cm³/mol. The third-order valence-electron chi connectivity index (χ3n) is 2.44. The largest absolute Gasteiger partial charge is 0.261 e. The first-order valence-electron chi connectivity index (χ1n) is 5.76. The smallest absolute Gasteiger partial charge is 0.0967 e. The number of hydrogen-bond acceptors (Lipinski definition) is 0. The summed E-state index contributed by atoms with van der Waals surface area (Å²) in [5, 5.41) is 4.48. The van der Waals surface area contributed by atoms with Crippen molar-refractivity contribution in [2.24, 2.45) is 0 Å². The predicted octanol–water partition coefficient (Wildman–Crippen LogP) is 4.74.